The summed E-state index contributed by atoms with van der Waals surface area (Å²) in [7, 11) is 1.65. The normalized spacial score (nSPS) is 16.2. The maximum absolute atomic E-state index is 12.6. The van der Waals surface area contributed by atoms with Crippen LogP contribution in [0.2, 0.25) is 0 Å². The number of aryl methyl sites for hydroxylation is 1. The first-order chi connectivity index (χ1) is 13.6. The highest BCUT2D eigenvalue weighted by Crippen LogP contribution is 2.31. The molecule has 7 heteroatoms. The maximum Gasteiger partial charge on any atom is 0.229 e. The molecule has 2 aromatic rings. The van der Waals surface area contributed by atoms with Gasteiger partial charge in [0, 0.05) is 30.2 Å². The van der Waals surface area contributed by atoms with Crippen LogP contribution in [0.5, 0.6) is 5.75 Å². The van der Waals surface area contributed by atoms with Crippen molar-refractivity contribution in [2.24, 2.45) is 5.92 Å². The van der Waals surface area contributed by atoms with Crippen molar-refractivity contribution in [2.45, 2.75) is 45.1 Å². The Bertz CT molecular complexity index is 858. The van der Waals surface area contributed by atoms with Crippen LogP contribution in [0.3, 0.4) is 0 Å². The van der Waals surface area contributed by atoms with E-state index in [-0.39, 0.29) is 17.7 Å². The smallest absolute Gasteiger partial charge is 0.229 e. The van der Waals surface area contributed by atoms with Crippen LogP contribution in [-0.2, 0) is 29.0 Å². The minimum absolute atomic E-state index is 0.0878. The Morgan fingerprint density at radius 2 is 2.07 bits per heavy atom. The third-order valence-corrected chi connectivity index (χ3v) is 6.57. The lowest BCUT2D eigenvalue weighted by Gasteiger charge is -2.26. The van der Waals surface area contributed by atoms with Crippen LogP contribution >= 0.6 is 11.3 Å². The van der Waals surface area contributed by atoms with E-state index in [1.165, 1.54) is 11.3 Å². The van der Waals surface area contributed by atoms with Gasteiger partial charge in [-0.3, -0.25) is 9.59 Å². The highest BCUT2D eigenvalue weighted by atomic mass is 32.1. The molecule has 28 heavy (non-hydrogen) atoms. The highest BCUT2D eigenvalue weighted by molar-refractivity contribution is 7.15. The zero-order valence-electron chi connectivity index (χ0n) is 16.1. The van der Waals surface area contributed by atoms with E-state index in [1.807, 2.05) is 29.2 Å². The van der Waals surface area contributed by atoms with Crippen LogP contribution < -0.4 is 10.1 Å². The van der Waals surface area contributed by atoms with Gasteiger partial charge in [-0.25, -0.2) is 4.98 Å². The van der Waals surface area contributed by atoms with Gasteiger partial charge >= 0.3 is 0 Å². The molecule has 6 nitrogen and oxygen atoms in total. The Kier molecular flexibility index (Phi) is 5.62. The largest absolute Gasteiger partial charge is 0.497 e. The number of rotatable bonds is 6. The van der Waals surface area contributed by atoms with Crippen LogP contribution in [0.4, 0.5) is 5.13 Å². The minimum atomic E-state index is 0.0878. The third kappa shape index (κ3) is 4.19. The van der Waals surface area contributed by atoms with Gasteiger partial charge in [-0.2, -0.15) is 0 Å². The van der Waals surface area contributed by atoms with E-state index in [0.717, 1.165) is 54.0 Å². The van der Waals surface area contributed by atoms with Crippen LogP contribution in [0.15, 0.2) is 24.3 Å². The molecule has 2 amide bonds. The molecule has 4 rings (SSSR count). The van der Waals surface area contributed by atoms with Crippen LogP contribution in [0.1, 0.15) is 41.8 Å². The number of hydrogen-bond donors (Lipinski definition) is 1. The van der Waals surface area contributed by atoms with Crippen molar-refractivity contribution < 1.29 is 14.3 Å². The number of benzene rings is 1. The lowest BCUT2D eigenvalue weighted by atomic mass is 9.85. The Labute approximate surface area is 168 Å². The number of carbonyl (C=O) groups is 2. The van der Waals surface area contributed by atoms with E-state index in [0.29, 0.717) is 24.6 Å². The average molecular weight is 400 g/mol. The average Bonchev–Trinajstić information content (AvgIpc) is 3.06. The van der Waals surface area contributed by atoms with E-state index in [9.17, 15) is 9.59 Å². The lowest BCUT2D eigenvalue weighted by Crippen LogP contribution is -2.35. The summed E-state index contributed by atoms with van der Waals surface area (Å²) in [6.07, 6.45) is 5.06. The third-order valence-electron chi connectivity index (χ3n) is 5.58. The van der Waals surface area contributed by atoms with Gasteiger partial charge in [0.25, 0.3) is 0 Å². The summed E-state index contributed by atoms with van der Waals surface area (Å²) in [5.41, 5.74) is 2.15. The van der Waals surface area contributed by atoms with E-state index in [1.54, 1.807) is 7.11 Å². The molecule has 148 valence electrons. The first-order valence-electron chi connectivity index (χ1n) is 9.82. The SMILES string of the molecule is COc1ccc(CCC(=O)N2CCc3nc(NC(=O)C4CCC4)sc3C2)cc1. The molecule has 1 aliphatic carbocycles. The predicted molar refractivity (Wildman–Crippen MR) is 109 cm³/mol. The Morgan fingerprint density at radius 1 is 1.29 bits per heavy atom. The lowest BCUT2D eigenvalue weighted by molar-refractivity contribution is -0.132. The summed E-state index contributed by atoms with van der Waals surface area (Å²) < 4.78 is 5.17. The number of fused-ring (bicyclic) bond motifs is 1. The second-order valence-electron chi connectivity index (χ2n) is 7.42. The summed E-state index contributed by atoms with van der Waals surface area (Å²) in [5, 5.41) is 3.63. The van der Waals surface area contributed by atoms with E-state index in [2.05, 4.69) is 10.3 Å². The van der Waals surface area contributed by atoms with Crippen molar-refractivity contribution in [3.63, 3.8) is 0 Å². The topological polar surface area (TPSA) is 71.5 Å². The molecular formula is C21H25N3O3S. The van der Waals surface area contributed by atoms with E-state index in [4.69, 9.17) is 4.74 Å². The maximum atomic E-state index is 12.6. The van der Waals surface area contributed by atoms with Gasteiger partial charge in [-0.1, -0.05) is 29.9 Å². The number of ether oxygens (including phenoxy) is 1. The van der Waals surface area contributed by atoms with Crippen molar-refractivity contribution in [1.82, 2.24) is 9.88 Å². The fraction of sp³-hybridized carbons (Fsp3) is 0.476. The van der Waals surface area contributed by atoms with Gasteiger partial charge in [0.2, 0.25) is 11.8 Å². The van der Waals surface area contributed by atoms with Gasteiger partial charge in [-0.15, -0.1) is 0 Å². The fourth-order valence-corrected chi connectivity index (χ4v) is 4.57. The summed E-state index contributed by atoms with van der Waals surface area (Å²) >= 11 is 1.50. The molecule has 0 spiro atoms. The fourth-order valence-electron chi connectivity index (χ4n) is 3.54. The molecule has 1 aliphatic heterocycles. The van der Waals surface area contributed by atoms with Gasteiger partial charge in [0.05, 0.1) is 19.3 Å². The van der Waals surface area contributed by atoms with Crippen LogP contribution in [-0.4, -0.2) is 35.4 Å². The van der Waals surface area contributed by atoms with E-state index < -0.39 is 0 Å². The minimum Gasteiger partial charge on any atom is -0.497 e. The van der Waals surface area contributed by atoms with Crippen LogP contribution in [0, 0.1) is 5.92 Å². The molecule has 2 aliphatic rings. The summed E-state index contributed by atoms with van der Waals surface area (Å²) in [5.74, 6) is 1.22. The number of hydrogen-bond acceptors (Lipinski definition) is 5. The summed E-state index contributed by atoms with van der Waals surface area (Å²) in [4.78, 5) is 32.3. The zero-order chi connectivity index (χ0) is 19.5. The number of nitrogens with zero attached hydrogens (tertiary/aromatic N) is 2. The standard InChI is InChI=1S/C21H25N3O3S/c1-27-16-8-5-14(6-9-16)7-10-19(25)24-12-11-17-18(13-24)28-21(22-17)23-20(26)15-3-2-4-15/h5-6,8-9,15H,2-4,7,10-13H2,1H3,(H,22,23,26). The number of thiazole rings is 1. The van der Waals surface area contributed by atoms with E-state index >= 15 is 0 Å². The van der Waals surface area contributed by atoms with Gasteiger partial charge in [0.1, 0.15) is 5.75 Å². The Hall–Kier alpha value is -2.41. The van der Waals surface area contributed by atoms with Crippen molar-refractivity contribution in [3.8, 4) is 5.75 Å². The van der Waals surface area contributed by atoms with Gasteiger partial charge in [-0.05, 0) is 37.0 Å². The van der Waals surface area contributed by atoms with Crippen molar-refractivity contribution in [1.29, 1.82) is 0 Å². The molecular weight excluding hydrogens is 374 g/mol. The van der Waals surface area contributed by atoms with Gasteiger partial charge < -0.3 is 15.0 Å². The second kappa shape index (κ2) is 8.31. The molecule has 1 saturated carbocycles. The first-order valence-corrected chi connectivity index (χ1v) is 10.6. The first kappa shape index (κ1) is 18.9. The molecule has 2 heterocycles. The molecule has 1 fully saturated rings. The quantitative estimate of drug-likeness (QED) is 0.808. The van der Waals surface area contributed by atoms with Crippen LogP contribution in [0.25, 0.3) is 0 Å². The second-order valence-corrected chi connectivity index (χ2v) is 8.50. The van der Waals surface area contributed by atoms with Crippen molar-refractivity contribution in [3.05, 3.63) is 40.4 Å². The summed E-state index contributed by atoms with van der Waals surface area (Å²) in [6.45, 7) is 1.28. The number of amides is 2. The molecule has 0 saturated heterocycles. The highest BCUT2D eigenvalue weighted by Gasteiger charge is 2.28. The molecule has 1 aromatic heterocycles. The Morgan fingerprint density at radius 3 is 2.75 bits per heavy atom. The van der Waals surface area contributed by atoms with Crippen molar-refractivity contribution >= 4 is 28.3 Å². The zero-order valence-corrected chi connectivity index (χ0v) is 16.9. The van der Waals surface area contributed by atoms with Gasteiger partial charge in [0.15, 0.2) is 5.13 Å². The number of nitrogens with one attached hydrogen (secondary N) is 1. The molecule has 0 bridgehead atoms. The summed E-state index contributed by atoms with van der Waals surface area (Å²) in [6, 6.07) is 7.84. The molecule has 0 atom stereocenters. The Balaban J connectivity index is 1.31. The molecule has 1 N–H and O–H groups in total. The number of anilines is 1. The molecule has 1 aromatic carbocycles. The molecule has 0 radical (unpaired) electrons. The predicted octanol–water partition coefficient (Wildman–Crippen LogP) is 3.41. The number of aromatic nitrogens is 1. The number of carbonyl (C=O) groups excluding carboxylic acids is 2. The monoisotopic (exact) mass is 399 g/mol. The van der Waals surface area contributed by atoms with Crippen molar-refractivity contribution in [2.75, 3.05) is 19.0 Å². The number of methoxy groups -OCH3 is 1. The molecule has 0 unspecified atom stereocenters.